The lowest BCUT2D eigenvalue weighted by Gasteiger charge is -2.18. The molecule has 17 heavy (non-hydrogen) atoms. The Balaban J connectivity index is 1.90. The topological polar surface area (TPSA) is 49.8 Å². The minimum Gasteiger partial charge on any atom is -0.393 e. The number of aliphatic hydroxyl groups is 1. The standard InChI is InChI=1S/C13H17NO3/c15-12-7-4-9-14(10-8-12)17-13(16)11-5-2-1-3-6-11/h1-3,5-6,12,15H,4,7-10H2. The van der Waals surface area contributed by atoms with E-state index in [2.05, 4.69) is 0 Å². The zero-order valence-corrected chi connectivity index (χ0v) is 9.71. The van der Waals surface area contributed by atoms with Gasteiger partial charge in [-0.05, 0) is 31.4 Å². The average molecular weight is 235 g/mol. The molecule has 0 amide bonds. The minimum absolute atomic E-state index is 0.268. The summed E-state index contributed by atoms with van der Waals surface area (Å²) in [6.45, 7) is 1.29. The van der Waals surface area contributed by atoms with E-state index in [9.17, 15) is 9.90 Å². The van der Waals surface area contributed by atoms with Crippen LogP contribution in [0.3, 0.4) is 0 Å². The molecule has 2 rings (SSSR count). The van der Waals surface area contributed by atoms with Gasteiger partial charge >= 0.3 is 5.97 Å². The van der Waals surface area contributed by atoms with E-state index in [1.807, 2.05) is 18.2 Å². The highest BCUT2D eigenvalue weighted by molar-refractivity contribution is 5.89. The summed E-state index contributed by atoms with van der Waals surface area (Å²) in [5, 5.41) is 11.1. The van der Waals surface area contributed by atoms with E-state index in [1.54, 1.807) is 17.2 Å². The van der Waals surface area contributed by atoms with Crippen LogP contribution in [0, 0.1) is 0 Å². The molecule has 1 aliphatic heterocycles. The largest absolute Gasteiger partial charge is 0.393 e. The van der Waals surface area contributed by atoms with Crippen LogP contribution in [0.25, 0.3) is 0 Å². The van der Waals surface area contributed by atoms with Gasteiger partial charge in [-0.1, -0.05) is 18.2 Å². The Hall–Kier alpha value is -1.39. The highest BCUT2D eigenvalue weighted by Crippen LogP contribution is 2.12. The van der Waals surface area contributed by atoms with Gasteiger partial charge in [0.2, 0.25) is 0 Å². The van der Waals surface area contributed by atoms with Crippen LogP contribution in [0.5, 0.6) is 0 Å². The summed E-state index contributed by atoms with van der Waals surface area (Å²) < 4.78 is 0. The van der Waals surface area contributed by atoms with Gasteiger partial charge in [-0.15, -0.1) is 5.06 Å². The highest BCUT2D eigenvalue weighted by atomic mass is 16.7. The fourth-order valence-electron chi connectivity index (χ4n) is 1.89. The maximum Gasteiger partial charge on any atom is 0.357 e. The smallest absolute Gasteiger partial charge is 0.357 e. The van der Waals surface area contributed by atoms with Crippen molar-refractivity contribution in [2.75, 3.05) is 13.1 Å². The van der Waals surface area contributed by atoms with Gasteiger partial charge in [0, 0.05) is 13.1 Å². The molecule has 0 radical (unpaired) electrons. The van der Waals surface area contributed by atoms with Gasteiger partial charge in [0.1, 0.15) is 0 Å². The van der Waals surface area contributed by atoms with E-state index in [0.717, 1.165) is 12.8 Å². The first-order valence-electron chi connectivity index (χ1n) is 5.96. The van der Waals surface area contributed by atoms with Crippen LogP contribution >= 0.6 is 0 Å². The van der Waals surface area contributed by atoms with Gasteiger partial charge in [0.15, 0.2) is 0 Å². The summed E-state index contributed by atoms with van der Waals surface area (Å²) in [6, 6.07) is 8.94. The molecule has 1 atom stereocenters. The molecule has 0 saturated carbocycles. The maximum absolute atomic E-state index is 11.8. The Morgan fingerprint density at radius 1 is 1.24 bits per heavy atom. The lowest BCUT2D eigenvalue weighted by molar-refractivity contribution is -0.108. The molecule has 0 spiro atoms. The maximum atomic E-state index is 11.8. The number of rotatable bonds is 2. The van der Waals surface area contributed by atoms with Crippen LogP contribution in [-0.2, 0) is 4.84 Å². The monoisotopic (exact) mass is 235 g/mol. The second-order valence-electron chi connectivity index (χ2n) is 4.26. The summed E-state index contributed by atoms with van der Waals surface area (Å²) in [7, 11) is 0. The second-order valence-corrected chi connectivity index (χ2v) is 4.26. The molecule has 4 heteroatoms. The van der Waals surface area contributed by atoms with E-state index in [0.29, 0.717) is 25.1 Å². The molecule has 92 valence electrons. The first-order chi connectivity index (χ1) is 8.25. The third kappa shape index (κ3) is 3.54. The quantitative estimate of drug-likeness (QED) is 0.846. The number of carbonyl (C=O) groups is 1. The predicted molar refractivity (Wildman–Crippen MR) is 63.3 cm³/mol. The number of carbonyl (C=O) groups excluding carboxylic acids is 1. The molecule has 1 aromatic carbocycles. The highest BCUT2D eigenvalue weighted by Gasteiger charge is 2.18. The van der Waals surface area contributed by atoms with Crippen molar-refractivity contribution in [2.24, 2.45) is 0 Å². The molecule has 1 N–H and O–H groups in total. The molecular formula is C13H17NO3. The van der Waals surface area contributed by atoms with Crippen molar-refractivity contribution in [3.63, 3.8) is 0 Å². The fraction of sp³-hybridized carbons (Fsp3) is 0.462. The van der Waals surface area contributed by atoms with E-state index in [-0.39, 0.29) is 12.1 Å². The number of hydrogen-bond donors (Lipinski definition) is 1. The molecule has 1 heterocycles. The number of benzene rings is 1. The van der Waals surface area contributed by atoms with Gasteiger partial charge in [0.05, 0.1) is 11.7 Å². The van der Waals surface area contributed by atoms with Crippen molar-refractivity contribution >= 4 is 5.97 Å². The number of hydroxylamine groups is 2. The molecule has 1 saturated heterocycles. The minimum atomic E-state index is -0.331. The normalized spacial score (nSPS) is 21.8. The molecule has 0 aromatic heterocycles. The third-order valence-corrected chi connectivity index (χ3v) is 2.88. The van der Waals surface area contributed by atoms with E-state index < -0.39 is 0 Å². The summed E-state index contributed by atoms with van der Waals surface area (Å²) >= 11 is 0. The van der Waals surface area contributed by atoms with Crippen molar-refractivity contribution in [1.29, 1.82) is 0 Å². The zero-order chi connectivity index (χ0) is 12.1. The molecule has 1 aliphatic rings. The van der Waals surface area contributed by atoms with Crippen molar-refractivity contribution in [3.05, 3.63) is 35.9 Å². The van der Waals surface area contributed by atoms with Gasteiger partial charge in [-0.2, -0.15) is 0 Å². The van der Waals surface area contributed by atoms with Crippen molar-refractivity contribution in [3.8, 4) is 0 Å². The van der Waals surface area contributed by atoms with Crippen LogP contribution in [-0.4, -0.2) is 35.3 Å². The molecule has 1 aromatic rings. The Bertz CT molecular complexity index is 366. The predicted octanol–water partition coefficient (Wildman–Crippen LogP) is 1.61. The van der Waals surface area contributed by atoms with Gasteiger partial charge < -0.3 is 9.94 Å². The molecule has 1 unspecified atom stereocenters. The molecular weight excluding hydrogens is 218 g/mol. The Morgan fingerprint density at radius 3 is 2.76 bits per heavy atom. The molecule has 4 nitrogen and oxygen atoms in total. The lowest BCUT2D eigenvalue weighted by atomic mass is 10.2. The third-order valence-electron chi connectivity index (χ3n) is 2.88. The number of nitrogens with zero attached hydrogens (tertiary/aromatic N) is 1. The van der Waals surface area contributed by atoms with Crippen molar-refractivity contribution < 1.29 is 14.7 Å². The van der Waals surface area contributed by atoms with E-state index in [1.165, 1.54) is 0 Å². The molecule has 1 fully saturated rings. The average Bonchev–Trinajstić information content (AvgIpc) is 2.56. The van der Waals surface area contributed by atoms with Crippen LogP contribution in [0.15, 0.2) is 30.3 Å². The summed E-state index contributed by atoms with van der Waals surface area (Å²) in [4.78, 5) is 17.1. The zero-order valence-electron chi connectivity index (χ0n) is 9.71. The first kappa shape index (κ1) is 12.1. The van der Waals surface area contributed by atoms with Crippen LogP contribution < -0.4 is 0 Å². The number of aliphatic hydroxyl groups excluding tert-OH is 1. The second kappa shape index (κ2) is 5.80. The van der Waals surface area contributed by atoms with E-state index in [4.69, 9.17) is 4.84 Å². The van der Waals surface area contributed by atoms with Gasteiger partial charge in [0.25, 0.3) is 0 Å². The van der Waals surface area contributed by atoms with Crippen LogP contribution in [0.1, 0.15) is 29.6 Å². The van der Waals surface area contributed by atoms with Gasteiger partial charge in [-0.3, -0.25) is 0 Å². The summed E-state index contributed by atoms with van der Waals surface area (Å²) in [5.74, 6) is -0.331. The fourth-order valence-corrected chi connectivity index (χ4v) is 1.89. The summed E-state index contributed by atoms with van der Waals surface area (Å²) in [6.07, 6.45) is 2.01. The summed E-state index contributed by atoms with van der Waals surface area (Å²) in [5.41, 5.74) is 0.553. The van der Waals surface area contributed by atoms with Gasteiger partial charge in [-0.25, -0.2) is 4.79 Å². The lowest BCUT2D eigenvalue weighted by Crippen LogP contribution is -2.28. The van der Waals surface area contributed by atoms with Crippen LogP contribution in [0.4, 0.5) is 0 Å². The van der Waals surface area contributed by atoms with Crippen molar-refractivity contribution in [1.82, 2.24) is 5.06 Å². The Labute approximate surface area is 101 Å². The first-order valence-corrected chi connectivity index (χ1v) is 5.96. The Morgan fingerprint density at radius 2 is 2.00 bits per heavy atom. The molecule has 0 bridgehead atoms. The van der Waals surface area contributed by atoms with Crippen molar-refractivity contribution in [2.45, 2.75) is 25.4 Å². The molecule has 0 aliphatic carbocycles. The van der Waals surface area contributed by atoms with E-state index >= 15 is 0 Å². The Kier molecular flexibility index (Phi) is 4.12. The number of hydrogen-bond acceptors (Lipinski definition) is 4. The van der Waals surface area contributed by atoms with Crippen LogP contribution in [0.2, 0.25) is 0 Å². The SMILES string of the molecule is O=C(ON1CCCC(O)CC1)c1ccccc1.